The van der Waals surface area contributed by atoms with Gasteiger partial charge in [-0.05, 0) is 111 Å². The van der Waals surface area contributed by atoms with Crippen molar-refractivity contribution in [3.05, 3.63) is 193 Å². The summed E-state index contributed by atoms with van der Waals surface area (Å²) in [4.78, 5) is 9.36. The highest BCUT2D eigenvalue weighted by molar-refractivity contribution is 6.09. The molecule has 1 aliphatic rings. The van der Waals surface area contributed by atoms with Crippen LogP contribution in [-0.4, -0.2) is 16.2 Å². The summed E-state index contributed by atoms with van der Waals surface area (Å²) in [6.07, 6.45) is 1.89. The highest BCUT2D eigenvalue weighted by atomic mass is 16.5. The first-order chi connectivity index (χ1) is 33.2. The van der Waals surface area contributed by atoms with Crippen LogP contribution in [-0.2, 0) is 16.2 Å². The summed E-state index contributed by atoms with van der Waals surface area (Å²) in [5, 5.41) is 2.25. The van der Waals surface area contributed by atoms with Gasteiger partial charge in [-0.2, -0.15) is 0 Å². The molecule has 65 heavy (non-hydrogen) atoms. The zero-order valence-electron chi connectivity index (χ0n) is 43.8. The van der Waals surface area contributed by atoms with Gasteiger partial charge in [0.1, 0.15) is 24.0 Å². The molecule has 0 saturated heterocycles. The quantitative estimate of drug-likeness (QED) is 0.160. The minimum atomic E-state index is -0.421. The van der Waals surface area contributed by atoms with Crippen LogP contribution in [0.3, 0.4) is 0 Å². The maximum absolute atomic E-state index is 9.33. The lowest BCUT2D eigenvalue weighted by Crippen LogP contribution is -2.25. The average molecular weight is 856 g/mol. The van der Waals surface area contributed by atoms with Crippen molar-refractivity contribution < 1.29 is 11.6 Å². The minimum absolute atomic E-state index is 0.0491. The van der Waals surface area contributed by atoms with Gasteiger partial charge in [0.15, 0.2) is 0 Å². The number of anilines is 4. The van der Waals surface area contributed by atoms with Crippen molar-refractivity contribution in [2.24, 2.45) is 0 Å². The van der Waals surface area contributed by atoms with Gasteiger partial charge in [0, 0.05) is 45.9 Å². The van der Waals surface area contributed by atoms with E-state index in [0.717, 1.165) is 72.6 Å². The Bertz CT molecular complexity index is 3510. The topological polar surface area (TPSA) is 33.5 Å². The molecular weight excluding hydrogens is 793 g/mol. The summed E-state index contributed by atoms with van der Waals surface area (Å²) in [5.41, 5.74) is 11.0. The molecule has 0 radical (unpaired) electrons. The normalized spacial score (nSPS) is 14.3. The summed E-state index contributed by atoms with van der Waals surface area (Å²) >= 11 is 0. The van der Waals surface area contributed by atoms with Crippen molar-refractivity contribution in [1.29, 1.82) is 0 Å². The monoisotopic (exact) mass is 855 g/mol. The van der Waals surface area contributed by atoms with Crippen LogP contribution in [0.2, 0.25) is 0 Å². The van der Waals surface area contributed by atoms with E-state index in [1.807, 2.05) is 42.6 Å². The van der Waals surface area contributed by atoms with Gasteiger partial charge >= 0.3 is 0 Å². The van der Waals surface area contributed by atoms with Crippen LogP contribution in [0.1, 0.15) is 85.9 Å². The van der Waals surface area contributed by atoms with Gasteiger partial charge in [0.05, 0.1) is 34.9 Å². The fourth-order valence-electron chi connectivity index (χ4n) is 9.05. The smallest absolute Gasteiger partial charge is 0.137 e. The molecule has 324 valence electrons. The molecule has 1 aliphatic heterocycles. The van der Waals surface area contributed by atoms with Crippen molar-refractivity contribution >= 4 is 44.6 Å². The van der Waals surface area contributed by atoms with Gasteiger partial charge in [-0.25, -0.2) is 4.98 Å². The lowest BCUT2D eigenvalue weighted by molar-refractivity contribution is 0.483. The van der Waals surface area contributed by atoms with Crippen LogP contribution in [0.4, 0.5) is 22.7 Å². The van der Waals surface area contributed by atoms with Crippen LogP contribution >= 0.6 is 0 Å². The lowest BCUT2D eigenvalue weighted by Gasteiger charge is -2.30. The van der Waals surface area contributed by atoms with E-state index in [0.29, 0.717) is 23.7 Å². The molecule has 0 fully saturated rings. The Hall–Kier alpha value is -7.11. The number of hydrogen-bond acceptors (Lipinski definition) is 4. The Kier molecular flexibility index (Phi) is 8.84. The summed E-state index contributed by atoms with van der Waals surface area (Å²) in [7, 11) is 0. The SMILES string of the molecule is [2H]c1c([2H])c([2H])c(-c2cc(C(C)(C)C)cc(-c3cccc(C(C)(C)C)c3)c2N2CN(c3cccc(Oc4ccc5c6ccccc6n(-c6cc(C(C)(C)C)ccn6)c5c4)c3)c3ccccc32)c([2H])c1[2H]. The number of aromatic nitrogens is 2. The molecule has 3 heterocycles. The van der Waals surface area contributed by atoms with Crippen LogP contribution in [0.15, 0.2) is 176 Å². The molecule has 0 N–H and O–H groups in total. The van der Waals surface area contributed by atoms with Gasteiger partial charge in [-0.15, -0.1) is 0 Å². The second-order valence-electron chi connectivity index (χ2n) is 20.3. The maximum Gasteiger partial charge on any atom is 0.137 e. The van der Waals surface area contributed by atoms with Gasteiger partial charge in [-0.1, -0.05) is 153 Å². The van der Waals surface area contributed by atoms with Crippen molar-refractivity contribution in [2.45, 2.75) is 78.6 Å². The standard InChI is InChI=1S/C60H58N4O/c1-58(2,3)42-22-17-21-41(33-42)51-35-44(60(7,8)9)34-50(40-19-11-10-12-20-40)57(51)63-39-62(53-27-15-16-28-54(53)63)45-23-18-24-46(37-45)65-47-29-30-49-48-25-13-14-26-52(48)64(55(49)38-47)56-36-43(31-32-61-56)59(4,5)6/h10-38H,39H2,1-9H3/i10D,11D,12D,19D,20D. The predicted molar refractivity (Wildman–Crippen MR) is 274 cm³/mol. The van der Waals surface area contributed by atoms with Crippen molar-refractivity contribution in [1.82, 2.24) is 9.55 Å². The van der Waals surface area contributed by atoms with E-state index in [1.54, 1.807) is 0 Å². The number of hydrogen-bond donors (Lipinski definition) is 0. The van der Waals surface area contributed by atoms with Crippen molar-refractivity contribution in [2.75, 3.05) is 16.5 Å². The third kappa shape index (κ3) is 7.84. The molecule has 0 aliphatic carbocycles. The number of ether oxygens (including phenoxy) is 1. The Labute approximate surface area is 391 Å². The largest absolute Gasteiger partial charge is 0.457 e. The Morgan fingerprint density at radius 1 is 0.508 bits per heavy atom. The molecule has 0 bridgehead atoms. The molecule has 0 atom stereocenters. The summed E-state index contributed by atoms with van der Waals surface area (Å²) in [6, 6.07) is 46.5. The molecule has 10 rings (SSSR count). The summed E-state index contributed by atoms with van der Waals surface area (Å²) in [6.45, 7) is 20.0. The molecule has 0 amide bonds. The van der Waals surface area contributed by atoms with Crippen molar-refractivity contribution in [3.63, 3.8) is 0 Å². The van der Waals surface area contributed by atoms with Gasteiger partial charge in [0.2, 0.25) is 0 Å². The zero-order valence-corrected chi connectivity index (χ0v) is 38.8. The van der Waals surface area contributed by atoms with E-state index in [4.69, 9.17) is 13.8 Å². The summed E-state index contributed by atoms with van der Waals surface area (Å²) in [5.74, 6) is 2.20. The second kappa shape index (κ2) is 15.8. The van der Waals surface area contributed by atoms with Gasteiger partial charge in [0.25, 0.3) is 0 Å². The van der Waals surface area contributed by atoms with E-state index >= 15 is 0 Å². The Balaban J connectivity index is 1.11. The number of para-hydroxylation sites is 3. The third-order valence-electron chi connectivity index (χ3n) is 12.7. The zero-order chi connectivity index (χ0) is 49.6. The first-order valence-corrected chi connectivity index (χ1v) is 22.5. The number of fused-ring (bicyclic) bond motifs is 4. The summed E-state index contributed by atoms with van der Waals surface area (Å²) < 4.78 is 53.8. The maximum atomic E-state index is 9.33. The molecule has 5 nitrogen and oxygen atoms in total. The molecule has 0 unspecified atom stereocenters. The molecule has 0 saturated carbocycles. The average Bonchev–Trinajstić information content (AvgIpc) is 3.88. The highest BCUT2D eigenvalue weighted by Crippen LogP contribution is 2.52. The predicted octanol–water partition coefficient (Wildman–Crippen LogP) is 16.4. The number of pyridine rings is 1. The minimum Gasteiger partial charge on any atom is -0.457 e. The first kappa shape index (κ1) is 36.3. The van der Waals surface area contributed by atoms with Crippen molar-refractivity contribution in [3.8, 4) is 39.6 Å². The molecular formula is C60H58N4O. The van der Waals surface area contributed by atoms with E-state index in [-0.39, 0.29) is 46.0 Å². The van der Waals surface area contributed by atoms with Gasteiger partial charge in [-0.3, -0.25) is 4.57 Å². The lowest BCUT2D eigenvalue weighted by atomic mass is 9.81. The van der Waals surface area contributed by atoms with Crippen LogP contribution < -0.4 is 14.5 Å². The van der Waals surface area contributed by atoms with Gasteiger partial charge < -0.3 is 14.5 Å². The van der Waals surface area contributed by atoms with Crippen LogP contribution in [0, 0.1) is 0 Å². The van der Waals surface area contributed by atoms with Crippen LogP contribution in [0.5, 0.6) is 11.5 Å². The Morgan fingerprint density at radius 2 is 1.14 bits per heavy atom. The fraction of sp³-hybridized carbons (Fsp3) is 0.217. The molecule has 7 aromatic carbocycles. The Morgan fingerprint density at radius 3 is 1.88 bits per heavy atom. The highest BCUT2D eigenvalue weighted by Gasteiger charge is 2.33. The molecule has 0 spiro atoms. The number of rotatable bonds is 7. The van der Waals surface area contributed by atoms with E-state index < -0.39 is 6.04 Å². The number of nitrogens with zero attached hydrogens (tertiary/aromatic N) is 4. The first-order valence-electron chi connectivity index (χ1n) is 25.0. The fourth-order valence-corrected chi connectivity index (χ4v) is 9.05. The molecule has 2 aromatic heterocycles. The molecule has 5 heteroatoms. The van der Waals surface area contributed by atoms with E-state index in [9.17, 15) is 2.74 Å². The second-order valence-corrected chi connectivity index (χ2v) is 20.3. The molecule has 9 aromatic rings. The van der Waals surface area contributed by atoms with E-state index in [2.05, 4.69) is 180 Å². The van der Waals surface area contributed by atoms with E-state index in [1.165, 1.54) is 5.56 Å². The third-order valence-corrected chi connectivity index (χ3v) is 12.7. The van der Waals surface area contributed by atoms with Crippen LogP contribution in [0.25, 0.3) is 49.9 Å². The number of benzene rings is 7.